The SMILES string of the molecule is COc1ccc(CC(=O)N2CCOC(COc3ccccc3)(CC(=O)N3CCCCC3)C2)cc1. The highest BCUT2D eigenvalue weighted by molar-refractivity contribution is 5.80. The molecule has 2 aliphatic rings. The van der Waals surface area contributed by atoms with E-state index in [0.717, 1.165) is 49.4 Å². The van der Waals surface area contributed by atoms with Gasteiger partial charge in [-0.25, -0.2) is 0 Å². The molecule has 182 valence electrons. The Labute approximate surface area is 201 Å². The number of likely N-dealkylation sites (tertiary alicyclic amines) is 1. The number of piperidine rings is 1. The Kier molecular flexibility index (Phi) is 8.06. The maximum absolute atomic E-state index is 13.2. The third-order valence-electron chi connectivity index (χ3n) is 6.54. The van der Waals surface area contributed by atoms with Crippen LogP contribution in [0.4, 0.5) is 0 Å². The van der Waals surface area contributed by atoms with Crippen LogP contribution in [0.5, 0.6) is 11.5 Å². The summed E-state index contributed by atoms with van der Waals surface area (Å²) in [6.45, 7) is 2.99. The van der Waals surface area contributed by atoms with Gasteiger partial charge in [0.1, 0.15) is 23.7 Å². The van der Waals surface area contributed by atoms with Crippen LogP contribution in [0.2, 0.25) is 0 Å². The normalized spacial score (nSPS) is 20.6. The first-order valence-corrected chi connectivity index (χ1v) is 12.1. The van der Waals surface area contributed by atoms with Gasteiger partial charge in [0.25, 0.3) is 0 Å². The van der Waals surface area contributed by atoms with Crippen molar-refractivity contribution in [3.05, 3.63) is 60.2 Å². The standard InChI is InChI=1S/C27H34N2O5/c1-32-23-12-10-22(11-13-23)18-25(30)29-16-17-34-27(20-29,21-33-24-8-4-2-5-9-24)19-26(31)28-14-6-3-7-15-28/h2,4-5,8-13H,3,6-7,14-21H2,1H3. The monoisotopic (exact) mass is 466 g/mol. The average molecular weight is 467 g/mol. The molecule has 2 aromatic carbocycles. The summed E-state index contributed by atoms with van der Waals surface area (Å²) in [4.78, 5) is 30.1. The second-order valence-corrected chi connectivity index (χ2v) is 9.09. The molecule has 0 spiro atoms. The summed E-state index contributed by atoms with van der Waals surface area (Å²) >= 11 is 0. The van der Waals surface area contributed by atoms with Crippen molar-refractivity contribution in [3.63, 3.8) is 0 Å². The van der Waals surface area contributed by atoms with Crippen molar-refractivity contribution in [2.45, 2.75) is 37.7 Å². The van der Waals surface area contributed by atoms with Gasteiger partial charge in [-0.3, -0.25) is 9.59 Å². The van der Waals surface area contributed by atoms with Crippen LogP contribution in [0.3, 0.4) is 0 Å². The molecule has 0 aliphatic carbocycles. The molecule has 7 nitrogen and oxygen atoms in total. The summed E-state index contributed by atoms with van der Waals surface area (Å²) in [5.41, 5.74) is 0.0471. The minimum Gasteiger partial charge on any atom is -0.497 e. The summed E-state index contributed by atoms with van der Waals surface area (Å²) in [6, 6.07) is 17.0. The van der Waals surface area contributed by atoms with Gasteiger partial charge in [0, 0.05) is 19.6 Å². The van der Waals surface area contributed by atoms with E-state index in [1.165, 1.54) is 0 Å². The molecule has 7 heteroatoms. The molecule has 0 N–H and O–H groups in total. The number of carbonyl (C=O) groups is 2. The molecule has 4 rings (SSSR count). The molecule has 2 saturated heterocycles. The summed E-state index contributed by atoms with van der Waals surface area (Å²) in [6.07, 6.45) is 3.72. The predicted molar refractivity (Wildman–Crippen MR) is 129 cm³/mol. The zero-order valence-corrected chi connectivity index (χ0v) is 19.9. The van der Waals surface area contributed by atoms with Gasteiger partial charge in [-0.05, 0) is 49.1 Å². The lowest BCUT2D eigenvalue weighted by Gasteiger charge is -2.43. The fraction of sp³-hybridized carbons (Fsp3) is 0.481. The van der Waals surface area contributed by atoms with Gasteiger partial charge in [0.2, 0.25) is 11.8 Å². The molecule has 0 aromatic heterocycles. The number of para-hydroxylation sites is 1. The molecule has 1 unspecified atom stereocenters. The molecular weight excluding hydrogens is 432 g/mol. The van der Waals surface area contributed by atoms with Gasteiger partial charge in [-0.2, -0.15) is 0 Å². The Morgan fingerprint density at radius 2 is 1.62 bits per heavy atom. The zero-order chi connectivity index (χ0) is 23.8. The van der Waals surface area contributed by atoms with Gasteiger partial charge in [-0.15, -0.1) is 0 Å². The van der Waals surface area contributed by atoms with Crippen LogP contribution in [0.25, 0.3) is 0 Å². The summed E-state index contributed by atoms with van der Waals surface area (Å²) in [7, 11) is 1.62. The smallest absolute Gasteiger partial charge is 0.227 e. The topological polar surface area (TPSA) is 68.3 Å². The highest BCUT2D eigenvalue weighted by Crippen LogP contribution is 2.27. The van der Waals surface area contributed by atoms with Gasteiger partial charge < -0.3 is 24.0 Å². The lowest BCUT2D eigenvalue weighted by molar-refractivity contribution is -0.166. The van der Waals surface area contributed by atoms with Crippen molar-refractivity contribution in [3.8, 4) is 11.5 Å². The van der Waals surface area contributed by atoms with Crippen molar-refractivity contribution in [2.24, 2.45) is 0 Å². The van der Waals surface area contributed by atoms with E-state index in [0.29, 0.717) is 26.1 Å². The molecule has 2 fully saturated rings. The Morgan fingerprint density at radius 3 is 2.32 bits per heavy atom. The van der Waals surface area contributed by atoms with Crippen molar-refractivity contribution >= 4 is 11.8 Å². The van der Waals surface area contributed by atoms with E-state index in [9.17, 15) is 9.59 Å². The van der Waals surface area contributed by atoms with Gasteiger partial charge in [-0.1, -0.05) is 30.3 Å². The average Bonchev–Trinajstić information content (AvgIpc) is 2.89. The van der Waals surface area contributed by atoms with E-state index in [2.05, 4.69) is 0 Å². The first-order chi connectivity index (χ1) is 16.6. The van der Waals surface area contributed by atoms with Crippen LogP contribution in [0.15, 0.2) is 54.6 Å². The minimum absolute atomic E-state index is 0.0166. The molecule has 0 radical (unpaired) electrons. The first-order valence-electron chi connectivity index (χ1n) is 12.1. The predicted octanol–water partition coefficient (Wildman–Crippen LogP) is 3.32. The lowest BCUT2D eigenvalue weighted by atomic mass is 9.95. The Hall–Kier alpha value is -3.06. The van der Waals surface area contributed by atoms with Crippen molar-refractivity contribution in [1.82, 2.24) is 9.80 Å². The van der Waals surface area contributed by atoms with E-state index in [1.807, 2.05) is 64.4 Å². The molecular formula is C27H34N2O5. The van der Waals surface area contributed by atoms with Crippen molar-refractivity contribution < 1.29 is 23.8 Å². The third-order valence-corrected chi connectivity index (χ3v) is 6.54. The number of ether oxygens (including phenoxy) is 3. The van der Waals surface area contributed by atoms with Crippen molar-refractivity contribution in [2.75, 3.05) is 46.5 Å². The third kappa shape index (κ3) is 6.29. The van der Waals surface area contributed by atoms with E-state index < -0.39 is 5.60 Å². The van der Waals surface area contributed by atoms with Crippen LogP contribution >= 0.6 is 0 Å². The number of nitrogens with zero attached hydrogens (tertiary/aromatic N) is 2. The number of rotatable bonds is 8. The van der Waals surface area contributed by atoms with E-state index in [1.54, 1.807) is 7.11 Å². The van der Waals surface area contributed by atoms with Gasteiger partial charge >= 0.3 is 0 Å². The molecule has 2 aromatic rings. The van der Waals surface area contributed by atoms with Gasteiger partial charge in [0.15, 0.2) is 0 Å². The van der Waals surface area contributed by atoms with E-state index in [4.69, 9.17) is 14.2 Å². The number of amides is 2. The Morgan fingerprint density at radius 1 is 0.882 bits per heavy atom. The van der Waals surface area contributed by atoms with Crippen LogP contribution in [0.1, 0.15) is 31.2 Å². The summed E-state index contributed by atoms with van der Waals surface area (Å²) in [5.74, 6) is 1.57. The Bertz CT molecular complexity index is 943. The molecule has 2 aliphatic heterocycles. The fourth-order valence-electron chi connectivity index (χ4n) is 4.60. The molecule has 2 heterocycles. The molecule has 2 amide bonds. The summed E-state index contributed by atoms with van der Waals surface area (Å²) < 4.78 is 17.5. The Balaban J connectivity index is 1.46. The maximum atomic E-state index is 13.2. The highest BCUT2D eigenvalue weighted by Gasteiger charge is 2.42. The minimum atomic E-state index is -0.877. The van der Waals surface area contributed by atoms with Crippen LogP contribution in [0, 0.1) is 0 Å². The van der Waals surface area contributed by atoms with E-state index >= 15 is 0 Å². The van der Waals surface area contributed by atoms with Crippen molar-refractivity contribution in [1.29, 1.82) is 0 Å². The van der Waals surface area contributed by atoms with Crippen LogP contribution < -0.4 is 9.47 Å². The number of benzene rings is 2. The second kappa shape index (κ2) is 11.4. The molecule has 0 saturated carbocycles. The largest absolute Gasteiger partial charge is 0.497 e. The highest BCUT2D eigenvalue weighted by atomic mass is 16.5. The molecule has 34 heavy (non-hydrogen) atoms. The van der Waals surface area contributed by atoms with Gasteiger partial charge in [0.05, 0.1) is 33.1 Å². The fourth-order valence-corrected chi connectivity index (χ4v) is 4.60. The number of methoxy groups -OCH3 is 1. The molecule has 0 bridgehead atoms. The van der Waals surface area contributed by atoms with Crippen LogP contribution in [-0.2, 0) is 20.7 Å². The number of morpholine rings is 1. The maximum Gasteiger partial charge on any atom is 0.227 e. The first kappa shape index (κ1) is 24.1. The van der Waals surface area contributed by atoms with Crippen LogP contribution in [-0.4, -0.2) is 73.7 Å². The lowest BCUT2D eigenvalue weighted by Crippen LogP contribution is -2.58. The number of hydrogen-bond donors (Lipinski definition) is 0. The second-order valence-electron chi connectivity index (χ2n) is 9.09. The quantitative estimate of drug-likeness (QED) is 0.597. The zero-order valence-electron chi connectivity index (χ0n) is 19.9. The molecule has 1 atom stereocenters. The summed E-state index contributed by atoms with van der Waals surface area (Å²) in [5, 5.41) is 0. The van der Waals surface area contributed by atoms with E-state index in [-0.39, 0.29) is 24.8 Å². The number of carbonyl (C=O) groups excluding carboxylic acids is 2. The number of hydrogen-bond acceptors (Lipinski definition) is 5.